The van der Waals surface area contributed by atoms with E-state index < -0.39 is 11.8 Å². The van der Waals surface area contributed by atoms with E-state index in [1.807, 2.05) is 0 Å². The van der Waals surface area contributed by atoms with Crippen LogP contribution in [-0.4, -0.2) is 17.4 Å². The van der Waals surface area contributed by atoms with Gasteiger partial charge in [0.05, 0.1) is 5.56 Å². The molecule has 1 N–H and O–H groups in total. The van der Waals surface area contributed by atoms with E-state index >= 15 is 0 Å². The molecule has 0 radical (unpaired) electrons. The van der Waals surface area contributed by atoms with Gasteiger partial charge in [-0.05, 0) is 42.5 Å². The topological polar surface area (TPSA) is 63.6 Å². The molecule has 0 aliphatic heterocycles. The lowest BCUT2D eigenvalue weighted by Gasteiger charge is -2.08. The fourth-order valence-corrected chi connectivity index (χ4v) is 1.62. The van der Waals surface area contributed by atoms with Crippen LogP contribution in [0.25, 0.3) is 0 Å². The maximum atomic E-state index is 13.5. The molecule has 0 amide bonds. The molecule has 5 heteroatoms. The van der Waals surface area contributed by atoms with Crippen LogP contribution in [0.1, 0.15) is 26.3 Å². The van der Waals surface area contributed by atoms with Crippen molar-refractivity contribution in [2.75, 3.05) is 0 Å². The van der Waals surface area contributed by atoms with Gasteiger partial charge in [0, 0.05) is 11.1 Å². The first-order valence-electron chi connectivity index (χ1n) is 5.80. The van der Waals surface area contributed by atoms with Crippen molar-refractivity contribution in [1.29, 1.82) is 0 Å². The van der Waals surface area contributed by atoms with Crippen molar-refractivity contribution in [1.82, 2.24) is 0 Å². The minimum absolute atomic E-state index is 0.00121. The van der Waals surface area contributed by atoms with Gasteiger partial charge >= 0.3 is 5.97 Å². The SMILES string of the molecule is O=Cc1ccc(OCc2cc(C(=O)O)ccc2F)cc1. The van der Waals surface area contributed by atoms with E-state index in [-0.39, 0.29) is 17.7 Å². The van der Waals surface area contributed by atoms with Crippen LogP contribution in [0.2, 0.25) is 0 Å². The quantitative estimate of drug-likeness (QED) is 0.851. The summed E-state index contributed by atoms with van der Waals surface area (Å²) in [6, 6.07) is 9.85. The normalized spacial score (nSPS) is 10.1. The number of carboxylic acids is 1. The largest absolute Gasteiger partial charge is 0.489 e. The summed E-state index contributed by atoms with van der Waals surface area (Å²) < 4.78 is 18.9. The zero-order valence-electron chi connectivity index (χ0n) is 10.4. The predicted molar refractivity (Wildman–Crippen MR) is 69.5 cm³/mol. The molecule has 0 aliphatic rings. The third-order valence-corrected chi connectivity index (χ3v) is 2.70. The lowest BCUT2D eigenvalue weighted by atomic mass is 10.1. The minimum Gasteiger partial charge on any atom is -0.489 e. The molecule has 0 aliphatic carbocycles. The summed E-state index contributed by atoms with van der Waals surface area (Å²) in [6.07, 6.45) is 0.708. The summed E-state index contributed by atoms with van der Waals surface area (Å²) in [4.78, 5) is 21.3. The fraction of sp³-hybridized carbons (Fsp3) is 0.0667. The lowest BCUT2D eigenvalue weighted by Crippen LogP contribution is -2.03. The minimum atomic E-state index is -1.12. The highest BCUT2D eigenvalue weighted by Gasteiger charge is 2.09. The molecular formula is C15H11FO4. The van der Waals surface area contributed by atoms with Gasteiger partial charge in [-0.2, -0.15) is 0 Å². The van der Waals surface area contributed by atoms with Gasteiger partial charge in [0.2, 0.25) is 0 Å². The maximum absolute atomic E-state index is 13.5. The van der Waals surface area contributed by atoms with Gasteiger partial charge in [-0.3, -0.25) is 4.79 Å². The number of rotatable bonds is 5. The number of halogens is 1. The van der Waals surface area contributed by atoms with Crippen LogP contribution in [0.15, 0.2) is 42.5 Å². The average Bonchev–Trinajstić information content (AvgIpc) is 2.46. The highest BCUT2D eigenvalue weighted by molar-refractivity contribution is 5.87. The van der Waals surface area contributed by atoms with Crippen molar-refractivity contribution in [3.05, 3.63) is 65.0 Å². The predicted octanol–water partition coefficient (Wildman–Crippen LogP) is 2.92. The number of aromatic carboxylic acids is 1. The molecule has 102 valence electrons. The van der Waals surface area contributed by atoms with Gasteiger partial charge in [0.25, 0.3) is 0 Å². The van der Waals surface area contributed by atoms with Crippen LogP contribution in [0.4, 0.5) is 4.39 Å². The number of hydrogen-bond acceptors (Lipinski definition) is 3. The standard InChI is InChI=1S/C15H11FO4/c16-14-6-3-11(15(18)19)7-12(14)9-20-13-4-1-10(8-17)2-5-13/h1-8H,9H2,(H,18,19). The summed E-state index contributed by atoms with van der Waals surface area (Å²) in [5.74, 6) is -1.18. The van der Waals surface area contributed by atoms with Gasteiger partial charge in [0.1, 0.15) is 24.5 Å². The molecule has 20 heavy (non-hydrogen) atoms. The van der Waals surface area contributed by atoms with Crippen molar-refractivity contribution in [3.63, 3.8) is 0 Å². The van der Waals surface area contributed by atoms with Crippen molar-refractivity contribution in [2.24, 2.45) is 0 Å². The second-order valence-corrected chi connectivity index (χ2v) is 4.09. The lowest BCUT2D eigenvalue weighted by molar-refractivity contribution is 0.0696. The zero-order valence-corrected chi connectivity index (χ0v) is 10.4. The van der Waals surface area contributed by atoms with Crippen LogP contribution in [0, 0.1) is 5.82 Å². The third-order valence-electron chi connectivity index (χ3n) is 2.70. The Bertz CT molecular complexity index is 635. The highest BCUT2D eigenvalue weighted by atomic mass is 19.1. The molecule has 0 spiro atoms. The van der Waals surface area contributed by atoms with Gasteiger partial charge in [0.15, 0.2) is 0 Å². The molecule has 0 saturated carbocycles. The summed E-state index contributed by atoms with van der Waals surface area (Å²) in [5.41, 5.74) is 0.669. The second-order valence-electron chi connectivity index (χ2n) is 4.09. The van der Waals surface area contributed by atoms with Crippen LogP contribution in [-0.2, 0) is 6.61 Å². The molecule has 2 rings (SSSR count). The number of carboxylic acid groups (broad SMARTS) is 1. The van der Waals surface area contributed by atoms with E-state index in [1.54, 1.807) is 24.3 Å². The zero-order chi connectivity index (χ0) is 14.5. The Morgan fingerprint density at radius 1 is 1.20 bits per heavy atom. The Morgan fingerprint density at radius 2 is 1.90 bits per heavy atom. The van der Waals surface area contributed by atoms with Crippen molar-refractivity contribution in [2.45, 2.75) is 6.61 Å². The first-order valence-corrected chi connectivity index (χ1v) is 5.80. The maximum Gasteiger partial charge on any atom is 0.335 e. The van der Waals surface area contributed by atoms with E-state index in [1.165, 1.54) is 12.1 Å². The van der Waals surface area contributed by atoms with Gasteiger partial charge in [-0.1, -0.05) is 0 Å². The Kier molecular flexibility index (Phi) is 4.10. The number of hydrogen-bond donors (Lipinski definition) is 1. The van der Waals surface area contributed by atoms with E-state index in [4.69, 9.17) is 9.84 Å². The Balaban J connectivity index is 2.11. The van der Waals surface area contributed by atoms with E-state index in [9.17, 15) is 14.0 Å². The van der Waals surface area contributed by atoms with Crippen molar-refractivity contribution >= 4 is 12.3 Å². The molecule has 2 aromatic carbocycles. The number of aldehydes is 1. The summed E-state index contributed by atoms with van der Waals surface area (Å²) in [6.45, 7) is -0.0899. The molecule has 0 aromatic heterocycles. The Morgan fingerprint density at radius 3 is 2.50 bits per heavy atom. The fourth-order valence-electron chi connectivity index (χ4n) is 1.62. The number of benzene rings is 2. The first-order chi connectivity index (χ1) is 9.60. The van der Waals surface area contributed by atoms with Gasteiger partial charge in [-0.25, -0.2) is 9.18 Å². The number of carbonyl (C=O) groups is 2. The molecule has 0 heterocycles. The van der Waals surface area contributed by atoms with Crippen LogP contribution in [0.5, 0.6) is 5.75 Å². The molecule has 0 saturated heterocycles. The van der Waals surface area contributed by atoms with Crippen molar-refractivity contribution in [3.8, 4) is 5.75 Å². The third kappa shape index (κ3) is 3.20. The Hall–Kier alpha value is -2.69. The average molecular weight is 274 g/mol. The summed E-state index contributed by atoms with van der Waals surface area (Å²) in [7, 11) is 0. The van der Waals surface area contributed by atoms with Crippen LogP contribution >= 0.6 is 0 Å². The summed E-state index contributed by atoms with van der Waals surface area (Å²) in [5, 5.41) is 8.85. The number of ether oxygens (including phenoxy) is 1. The van der Waals surface area contributed by atoms with Crippen LogP contribution in [0.3, 0.4) is 0 Å². The molecule has 0 fully saturated rings. The number of carbonyl (C=O) groups excluding carboxylic acids is 1. The van der Waals surface area contributed by atoms with Gasteiger partial charge in [-0.15, -0.1) is 0 Å². The van der Waals surface area contributed by atoms with Gasteiger partial charge < -0.3 is 9.84 Å². The second kappa shape index (κ2) is 5.97. The van der Waals surface area contributed by atoms with E-state index in [0.29, 0.717) is 17.6 Å². The summed E-state index contributed by atoms with van der Waals surface area (Å²) >= 11 is 0. The van der Waals surface area contributed by atoms with E-state index in [2.05, 4.69) is 0 Å². The first kappa shape index (κ1) is 13.7. The molecule has 0 bridgehead atoms. The molecular weight excluding hydrogens is 263 g/mol. The molecule has 0 atom stereocenters. The molecule has 0 unspecified atom stereocenters. The molecule has 4 nitrogen and oxygen atoms in total. The monoisotopic (exact) mass is 274 g/mol. The molecule has 2 aromatic rings. The van der Waals surface area contributed by atoms with Crippen molar-refractivity contribution < 1.29 is 23.8 Å². The van der Waals surface area contributed by atoms with Crippen LogP contribution < -0.4 is 4.74 Å². The highest BCUT2D eigenvalue weighted by Crippen LogP contribution is 2.16. The Labute approximate surface area is 114 Å². The smallest absolute Gasteiger partial charge is 0.335 e. The van der Waals surface area contributed by atoms with E-state index in [0.717, 1.165) is 6.07 Å².